The fourth-order valence-corrected chi connectivity index (χ4v) is 1.55. The maximum absolute atomic E-state index is 5.65. The van der Waals surface area contributed by atoms with Crippen LogP contribution in [0.4, 0.5) is 0 Å². The number of ether oxygens (including phenoxy) is 1. The van der Waals surface area contributed by atoms with Crippen LogP contribution in [0.3, 0.4) is 0 Å². The molecule has 1 rings (SSSR count). The molecule has 16 heavy (non-hydrogen) atoms. The van der Waals surface area contributed by atoms with Crippen LogP contribution in [0.25, 0.3) is 0 Å². The highest BCUT2D eigenvalue weighted by molar-refractivity contribution is 5.06. The zero-order chi connectivity index (χ0) is 12.0. The van der Waals surface area contributed by atoms with E-state index in [2.05, 4.69) is 29.1 Å². The summed E-state index contributed by atoms with van der Waals surface area (Å²) in [6, 6.07) is 0. The molecule has 4 nitrogen and oxygen atoms in total. The molecule has 1 aromatic heterocycles. The number of hydrogen-bond donors (Lipinski definition) is 1. The van der Waals surface area contributed by atoms with Gasteiger partial charge in [0, 0.05) is 31.1 Å². The van der Waals surface area contributed by atoms with E-state index in [0.717, 1.165) is 17.9 Å². The number of rotatable bonds is 6. The van der Waals surface area contributed by atoms with E-state index in [1.165, 1.54) is 0 Å². The normalized spacial score (nSPS) is 13.1. The molecule has 1 unspecified atom stereocenters. The summed E-state index contributed by atoms with van der Waals surface area (Å²) >= 11 is 0. The third kappa shape index (κ3) is 3.54. The molecule has 0 radical (unpaired) electrons. The topological polar surface area (TPSA) is 47.0 Å². The van der Waals surface area contributed by atoms with Crippen molar-refractivity contribution < 1.29 is 4.74 Å². The van der Waals surface area contributed by atoms with Crippen LogP contribution in [-0.4, -0.2) is 23.6 Å². The zero-order valence-corrected chi connectivity index (χ0v) is 10.5. The van der Waals surface area contributed by atoms with Gasteiger partial charge in [0.1, 0.15) is 6.10 Å². The first-order valence-electron chi connectivity index (χ1n) is 5.76. The minimum atomic E-state index is -0.00589. The van der Waals surface area contributed by atoms with Crippen LogP contribution in [-0.2, 0) is 11.3 Å². The van der Waals surface area contributed by atoms with E-state index in [1.54, 1.807) is 0 Å². The second kappa shape index (κ2) is 6.55. The van der Waals surface area contributed by atoms with Gasteiger partial charge in [-0.1, -0.05) is 13.8 Å². The van der Waals surface area contributed by atoms with Gasteiger partial charge in [-0.2, -0.15) is 0 Å². The van der Waals surface area contributed by atoms with Crippen LogP contribution in [0, 0.1) is 5.92 Å². The molecule has 1 heterocycles. The van der Waals surface area contributed by atoms with E-state index in [-0.39, 0.29) is 6.10 Å². The average molecular weight is 223 g/mol. The Kier molecular flexibility index (Phi) is 5.35. The first kappa shape index (κ1) is 13.1. The average Bonchev–Trinajstić information content (AvgIpc) is 2.27. The van der Waals surface area contributed by atoms with E-state index in [9.17, 15) is 0 Å². The highest BCUT2D eigenvalue weighted by Crippen LogP contribution is 2.22. The third-order valence-corrected chi connectivity index (χ3v) is 2.31. The first-order valence-corrected chi connectivity index (χ1v) is 5.76. The Hall–Kier alpha value is -1.00. The van der Waals surface area contributed by atoms with E-state index in [4.69, 9.17) is 4.74 Å². The summed E-state index contributed by atoms with van der Waals surface area (Å²) in [5, 5.41) is 3.07. The van der Waals surface area contributed by atoms with Gasteiger partial charge >= 0.3 is 0 Å². The Morgan fingerprint density at radius 2 is 1.94 bits per heavy atom. The number of aromatic nitrogens is 2. The molecule has 0 amide bonds. The molecule has 1 N–H and O–H groups in total. The van der Waals surface area contributed by atoms with Gasteiger partial charge in [0.15, 0.2) is 5.82 Å². The van der Waals surface area contributed by atoms with Gasteiger partial charge in [0.05, 0.1) is 0 Å². The SMILES string of the molecule is CCOC(c1ncc(CNC)cn1)C(C)C. The number of nitrogens with zero attached hydrogens (tertiary/aromatic N) is 2. The first-order chi connectivity index (χ1) is 7.69. The Balaban J connectivity index is 2.77. The maximum Gasteiger partial charge on any atom is 0.157 e. The summed E-state index contributed by atoms with van der Waals surface area (Å²) in [7, 11) is 1.91. The van der Waals surface area contributed by atoms with Crippen LogP contribution in [0.2, 0.25) is 0 Å². The molecular weight excluding hydrogens is 202 g/mol. The molecule has 4 heteroatoms. The smallest absolute Gasteiger partial charge is 0.157 e. The minimum absolute atomic E-state index is 0.00589. The second-order valence-electron chi connectivity index (χ2n) is 4.10. The second-order valence-corrected chi connectivity index (χ2v) is 4.10. The lowest BCUT2D eigenvalue weighted by Crippen LogP contribution is -2.15. The molecule has 1 aromatic rings. The Morgan fingerprint density at radius 3 is 2.38 bits per heavy atom. The molecule has 0 aromatic carbocycles. The van der Waals surface area contributed by atoms with Crippen LogP contribution >= 0.6 is 0 Å². The lowest BCUT2D eigenvalue weighted by molar-refractivity contribution is 0.0231. The highest BCUT2D eigenvalue weighted by Gasteiger charge is 2.18. The molecule has 0 fully saturated rings. The lowest BCUT2D eigenvalue weighted by atomic mass is 10.1. The van der Waals surface area contributed by atoms with Crippen LogP contribution in [0.15, 0.2) is 12.4 Å². The predicted molar refractivity (Wildman–Crippen MR) is 64.0 cm³/mol. The van der Waals surface area contributed by atoms with Crippen molar-refractivity contribution >= 4 is 0 Å². The summed E-state index contributed by atoms with van der Waals surface area (Å²) in [5.41, 5.74) is 1.09. The molecule has 0 bridgehead atoms. The molecule has 0 aliphatic heterocycles. The standard InChI is InChI=1S/C12H21N3O/c1-5-16-11(9(2)3)12-14-7-10(6-13-4)8-15-12/h7-9,11,13H,5-6H2,1-4H3. The van der Waals surface area contributed by atoms with Crippen molar-refractivity contribution in [2.24, 2.45) is 5.92 Å². The summed E-state index contributed by atoms with van der Waals surface area (Å²) < 4.78 is 5.65. The van der Waals surface area contributed by atoms with Crippen molar-refractivity contribution in [2.75, 3.05) is 13.7 Å². The van der Waals surface area contributed by atoms with Gasteiger partial charge in [-0.15, -0.1) is 0 Å². The molecule has 1 atom stereocenters. The molecule has 0 saturated carbocycles. The van der Waals surface area contributed by atoms with Crippen LogP contribution in [0.1, 0.15) is 38.3 Å². The summed E-state index contributed by atoms with van der Waals surface area (Å²) in [4.78, 5) is 8.72. The summed E-state index contributed by atoms with van der Waals surface area (Å²) in [6.45, 7) is 7.70. The highest BCUT2D eigenvalue weighted by atomic mass is 16.5. The molecule has 0 saturated heterocycles. The van der Waals surface area contributed by atoms with Crippen molar-refractivity contribution in [3.63, 3.8) is 0 Å². The van der Waals surface area contributed by atoms with Gasteiger partial charge in [0.25, 0.3) is 0 Å². The van der Waals surface area contributed by atoms with Crippen molar-refractivity contribution in [3.8, 4) is 0 Å². The van der Waals surface area contributed by atoms with Gasteiger partial charge in [-0.25, -0.2) is 9.97 Å². The van der Waals surface area contributed by atoms with Gasteiger partial charge in [-0.3, -0.25) is 0 Å². The number of nitrogens with one attached hydrogen (secondary N) is 1. The lowest BCUT2D eigenvalue weighted by Gasteiger charge is -2.19. The third-order valence-electron chi connectivity index (χ3n) is 2.31. The van der Waals surface area contributed by atoms with Gasteiger partial charge in [0.2, 0.25) is 0 Å². The largest absolute Gasteiger partial charge is 0.370 e. The zero-order valence-electron chi connectivity index (χ0n) is 10.5. The Labute approximate surface area is 97.5 Å². The quantitative estimate of drug-likeness (QED) is 0.800. The maximum atomic E-state index is 5.65. The van der Waals surface area contributed by atoms with E-state index in [0.29, 0.717) is 12.5 Å². The molecule has 0 aliphatic carbocycles. The van der Waals surface area contributed by atoms with E-state index >= 15 is 0 Å². The molecule has 0 spiro atoms. The summed E-state index contributed by atoms with van der Waals surface area (Å²) in [6.07, 6.45) is 3.70. The van der Waals surface area contributed by atoms with Crippen LogP contribution < -0.4 is 5.32 Å². The molecular formula is C12H21N3O. The monoisotopic (exact) mass is 223 g/mol. The van der Waals surface area contributed by atoms with E-state index in [1.807, 2.05) is 26.4 Å². The van der Waals surface area contributed by atoms with E-state index < -0.39 is 0 Å². The van der Waals surface area contributed by atoms with Gasteiger partial charge < -0.3 is 10.1 Å². The molecule has 90 valence electrons. The predicted octanol–water partition coefficient (Wildman–Crippen LogP) is 1.93. The van der Waals surface area contributed by atoms with Crippen LogP contribution in [0.5, 0.6) is 0 Å². The Bertz CT molecular complexity index is 298. The van der Waals surface area contributed by atoms with Crippen molar-refractivity contribution in [3.05, 3.63) is 23.8 Å². The minimum Gasteiger partial charge on any atom is -0.370 e. The van der Waals surface area contributed by atoms with Crippen molar-refractivity contribution in [2.45, 2.75) is 33.4 Å². The van der Waals surface area contributed by atoms with Crippen molar-refractivity contribution in [1.82, 2.24) is 15.3 Å². The fourth-order valence-electron chi connectivity index (χ4n) is 1.55. The molecule has 0 aliphatic rings. The van der Waals surface area contributed by atoms with Gasteiger partial charge in [-0.05, 0) is 19.9 Å². The van der Waals surface area contributed by atoms with Crippen molar-refractivity contribution in [1.29, 1.82) is 0 Å². The summed E-state index contributed by atoms with van der Waals surface area (Å²) in [5.74, 6) is 1.16. The number of hydrogen-bond acceptors (Lipinski definition) is 4. The fraction of sp³-hybridized carbons (Fsp3) is 0.667. The Morgan fingerprint density at radius 1 is 1.31 bits per heavy atom.